The molecule has 0 aliphatic carbocycles. The Kier molecular flexibility index (Phi) is 6.67. The van der Waals surface area contributed by atoms with Crippen LogP contribution in [0.3, 0.4) is 0 Å². The van der Waals surface area contributed by atoms with Crippen molar-refractivity contribution < 1.29 is 9.84 Å². The lowest BCUT2D eigenvalue weighted by Gasteiger charge is -2.08. The molecular formula is C14H23NO2. The predicted octanol–water partition coefficient (Wildman–Crippen LogP) is 2.34. The quantitative estimate of drug-likeness (QED) is 0.682. The maximum Gasteiger partial charge on any atom is 0.118 e. The molecule has 0 aliphatic heterocycles. The summed E-state index contributed by atoms with van der Waals surface area (Å²) < 4.78 is 5.10. The number of hydrogen-bond donors (Lipinski definition) is 2. The Labute approximate surface area is 104 Å². The van der Waals surface area contributed by atoms with Crippen LogP contribution >= 0.6 is 0 Å². The van der Waals surface area contributed by atoms with Crippen LogP contribution in [0.4, 0.5) is 0 Å². The van der Waals surface area contributed by atoms with Crippen LogP contribution in [-0.4, -0.2) is 24.9 Å². The molecule has 1 aromatic rings. The molecule has 96 valence electrons. The Morgan fingerprint density at radius 3 is 2.59 bits per heavy atom. The average molecular weight is 237 g/mol. The fraction of sp³-hybridized carbons (Fsp3) is 0.571. The zero-order chi connectivity index (χ0) is 12.5. The van der Waals surface area contributed by atoms with E-state index < -0.39 is 0 Å². The molecule has 1 aromatic carbocycles. The second-order valence-electron chi connectivity index (χ2n) is 4.23. The number of aliphatic hydroxyl groups is 1. The van der Waals surface area contributed by atoms with Crippen molar-refractivity contribution in [2.75, 3.05) is 13.7 Å². The first kappa shape index (κ1) is 14.0. The van der Waals surface area contributed by atoms with Crippen molar-refractivity contribution in [1.82, 2.24) is 5.32 Å². The molecule has 0 saturated carbocycles. The van der Waals surface area contributed by atoms with Crippen LogP contribution in [0.25, 0.3) is 0 Å². The molecule has 1 atom stereocenters. The number of ether oxygens (including phenoxy) is 1. The van der Waals surface area contributed by atoms with E-state index in [1.54, 1.807) is 7.11 Å². The number of nitrogens with one attached hydrogen (secondary N) is 1. The minimum absolute atomic E-state index is 0.141. The van der Waals surface area contributed by atoms with E-state index >= 15 is 0 Å². The first-order valence-electron chi connectivity index (χ1n) is 6.28. The molecule has 0 amide bonds. The zero-order valence-electron chi connectivity index (χ0n) is 10.8. The minimum Gasteiger partial charge on any atom is -0.497 e. The maximum atomic E-state index is 9.39. The number of hydrogen-bond acceptors (Lipinski definition) is 3. The third-order valence-corrected chi connectivity index (χ3v) is 2.85. The van der Waals surface area contributed by atoms with Gasteiger partial charge in [-0.2, -0.15) is 0 Å². The van der Waals surface area contributed by atoms with Gasteiger partial charge in [0, 0.05) is 6.54 Å². The summed E-state index contributed by atoms with van der Waals surface area (Å²) in [5.74, 6) is 0.889. The molecule has 0 aromatic heterocycles. The van der Waals surface area contributed by atoms with Crippen molar-refractivity contribution in [3.05, 3.63) is 29.8 Å². The van der Waals surface area contributed by atoms with Crippen molar-refractivity contribution in [2.24, 2.45) is 0 Å². The van der Waals surface area contributed by atoms with Gasteiger partial charge in [-0.05, 0) is 43.5 Å². The van der Waals surface area contributed by atoms with Crippen LogP contribution in [0.2, 0.25) is 0 Å². The summed E-state index contributed by atoms with van der Waals surface area (Å²) >= 11 is 0. The molecule has 0 spiro atoms. The van der Waals surface area contributed by atoms with E-state index in [0.29, 0.717) is 0 Å². The molecule has 1 rings (SSSR count). The van der Waals surface area contributed by atoms with Crippen molar-refractivity contribution in [3.63, 3.8) is 0 Å². The second-order valence-corrected chi connectivity index (χ2v) is 4.23. The van der Waals surface area contributed by atoms with E-state index in [2.05, 4.69) is 17.4 Å². The molecule has 0 bridgehead atoms. The molecule has 0 heterocycles. The van der Waals surface area contributed by atoms with Crippen LogP contribution in [0.5, 0.6) is 5.75 Å². The van der Waals surface area contributed by atoms with E-state index in [1.165, 1.54) is 5.56 Å². The van der Waals surface area contributed by atoms with Gasteiger partial charge in [0.05, 0.1) is 13.2 Å². The lowest BCUT2D eigenvalue weighted by Crippen LogP contribution is -2.16. The predicted molar refractivity (Wildman–Crippen MR) is 70.2 cm³/mol. The lowest BCUT2D eigenvalue weighted by atomic mass is 10.1. The molecule has 0 fully saturated rings. The van der Waals surface area contributed by atoms with E-state index in [-0.39, 0.29) is 6.10 Å². The highest BCUT2D eigenvalue weighted by Crippen LogP contribution is 2.10. The Morgan fingerprint density at radius 2 is 2.00 bits per heavy atom. The molecule has 3 heteroatoms. The van der Waals surface area contributed by atoms with E-state index in [4.69, 9.17) is 4.74 Å². The first-order valence-corrected chi connectivity index (χ1v) is 6.28. The standard InChI is InChI=1S/C14H23NO2/c1-3-13(16)5-4-10-15-11-12-6-8-14(17-2)9-7-12/h6-9,13,15-16H,3-5,10-11H2,1-2H3. The largest absolute Gasteiger partial charge is 0.497 e. The van der Waals surface area contributed by atoms with Crippen LogP contribution in [0, 0.1) is 0 Å². The van der Waals surface area contributed by atoms with E-state index in [1.807, 2.05) is 19.1 Å². The van der Waals surface area contributed by atoms with Gasteiger partial charge in [0.2, 0.25) is 0 Å². The highest BCUT2D eigenvalue weighted by atomic mass is 16.5. The summed E-state index contributed by atoms with van der Waals surface area (Å²) in [6.07, 6.45) is 2.60. The van der Waals surface area contributed by atoms with E-state index in [0.717, 1.165) is 38.1 Å². The third-order valence-electron chi connectivity index (χ3n) is 2.85. The van der Waals surface area contributed by atoms with Crippen molar-refractivity contribution in [2.45, 2.75) is 38.8 Å². The lowest BCUT2D eigenvalue weighted by molar-refractivity contribution is 0.157. The molecule has 3 nitrogen and oxygen atoms in total. The Balaban J connectivity index is 2.13. The van der Waals surface area contributed by atoms with Crippen molar-refractivity contribution in [3.8, 4) is 5.75 Å². The molecular weight excluding hydrogens is 214 g/mol. The van der Waals surface area contributed by atoms with Gasteiger partial charge >= 0.3 is 0 Å². The zero-order valence-corrected chi connectivity index (χ0v) is 10.8. The van der Waals surface area contributed by atoms with Crippen molar-refractivity contribution in [1.29, 1.82) is 0 Å². The molecule has 2 N–H and O–H groups in total. The molecule has 0 saturated heterocycles. The van der Waals surface area contributed by atoms with Gasteiger partial charge < -0.3 is 15.2 Å². The summed E-state index contributed by atoms with van der Waals surface area (Å²) in [5.41, 5.74) is 1.25. The SMILES string of the molecule is CCC(O)CCCNCc1ccc(OC)cc1. The second kappa shape index (κ2) is 8.09. The first-order chi connectivity index (χ1) is 8.26. The van der Waals surface area contributed by atoms with Gasteiger partial charge in [0.25, 0.3) is 0 Å². The van der Waals surface area contributed by atoms with Crippen molar-refractivity contribution >= 4 is 0 Å². The van der Waals surface area contributed by atoms with Gasteiger partial charge in [-0.3, -0.25) is 0 Å². The Hall–Kier alpha value is -1.06. The van der Waals surface area contributed by atoms with Crippen LogP contribution < -0.4 is 10.1 Å². The minimum atomic E-state index is -0.141. The molecule has 17 heavy (non-hydrogen) atoms. The fourth-order valence-electron chi connectivity index (χ4n) is 1.64. The summed E-state index contributed by atoms with van der Waals surface area (Å²) in [7, 11) is 1.67. The molecule has 1 unspecified atom stereocenters. The highest BCUT2D eigenvalue weighted by Gasteiger charge is 1.99. The van der Waals surface area contributed by atoms with Gasteiger partial charge in [-0.25, -0.2) is 0 Å². The third kappa shape index (κ3) is 5.71. The summed E-state index contributed by atoms with van der Waals surface area (Å²) in [6.45, 7) is 3.82. The Morgan fingerprint density at radius 1 is 1.29 bits per heavy atom. The summed E-state index contributed by atoms with van der Waals surface area (Å²) in [6, 6.07) is 8.06. The average Bonchev–Trinajstić information content (AvgIpc) is 2.38. The van der Waals surface area contributed by atoms with Crippen LogP contribution in [-0.2, 0) is 6.54 Å². The van der Waals surface area contributed by atoms with Gasteiger partial charge in [-0.15, -0.1) is 0 Å². The fourth-order valence-corrected chi connectivity index (χ4v) is 1.64. The summed E-state index contributed by atoms with van der Waals surface area (Å²) in [4.78, 5) is 0. The maximum absolute atomic E-state index is 9.39. The topological polar surface area (TPSA) is 41.5 Å². The normalized spacial score (nSPS) is 12.4. The molecule has 0 radical (unpaired) electrons. The van der Waals surface area contributed by atoms with Gasteiger partial charge in [0.1, 0.15) is 5.75 Å². The van der Waals surface area contributed by atoms with E-state index in [9.17, 15) is 5.11 Å². The molecule has 0 aliphatic rings. The monoisotopic (exact) mass is 237 g/mol. The summed E-state index contributed by atoms with van der Waals surface area (Å²) in [5, 5.41) is 12.8. The van der Waals surface area contributed by atoms with Crippen LogP contribution in [0.1, 0.15) is 31.7 Å². The number of methoxy groups -OCH3 is 1. The Bertz CT molecular complexity index is 298. The van der Waals surface area contributed by atoms with Crippen LogP contribution in [0.15, 0.2) is 24.3 Å². The number of benzene rings is 1. The number of aliphatic hydroxyl groups excluding tert-OH is 1. The van der Waals surface area contributed by atoms with Gasteiger partial charge in [0.15, 0.2) is 0 Å². The smallest absolute Gasteiger partial charge is 0.118 e. The number of rotatable bonds is 8. The highest BCUT2D eigenvalue weighted by molar-refractivity contribution is 5.26. The van der Waals surface area contributed by atoms with Gasteiger partial charge in [-0.1, -0.05) is 19.1 Å².